The Bertz CT molecular complexity index is 1400. The molecule has 1 fully saturated rings. The molecule has 182 valence electrons. The second-order valence-corrected chi connectivity index (χ2v) is 9.28. The quantitative estimate of drug-likeness (QED) is 0.348. The van der Waals surface area contributed by atoms with Gasteiger partial charge in [0.25, 0.3) is 0 Å². The molecular formula is C28H28N6OS. The lowest BCUT2D eigenvalue weighted by Gasteiger charge is -2.29. The van der Waals surface area contributed by atoms with Gasteiger partial charge in [-0.3, -0.25) is 9.78 Å². The number of benzene rings is 1. The summed E-state index contributed by atoms with van der Waals surface area (Å²) in [5.74, 6) is 0.827. The van der Waals surface area contributed by atoms with Crippen molar-refractivity contribution < 1.29 is 4.79 Å². The third-order valence-corrected chi connectivity index (χ3v) is 6.72. The highest BCUT2D eigenvalue weighted by Gasteiger charge is 2.42. The standard InChI is InChI=1S/C28H28N6OS/c1-4-25(35)31-21-12-11-20(16-19(21)3)34-27(26(32-28(34)36)22-8-5-6-14-29-22)23-9-7-15-33(23)24-13-10-18(2)17-30-24/h5-17,26-27H,4H2,1-3H3,(H,31,35)(H,32,36)/t26-,27+/m0/s1. The summed E-state index contributed by atoms with van der Waals surface area (Å²) in [6, 6.07) is 19.8. The van der Waals surface area contributed by atoms with Crippen LogP contribution in [0.1, 0.15) is 47.9 Å². The fourth-order valence-corrected chi connectivity index (χ4v) is 4.90. The van der Waals surface area contributed by atoms with E-state index in [-0.39, 0.29) is 18.0 Å². The normalized spacial score (nSPS) is 17.2. The summed E-state index contributed by atoms with van der Waals surface area (Å²) in [7, 11) is 0. The molecule has 0 radical (unpaired) electrons. The largest absolute Gasteiger partial charge is 0.351 e. The molecule has 1 saturated heterocycles. The Morgan fingerprint density at radius 1 is 1.08 bits per heavy atom. The van der Waals surface area contributed by atoms with Crippen molar-refractivity contribution in [1.29, 1.82) is 0 Å². The second-order valence-electron chi connectivity index (χ2n) is 8.89. The highest BCUT2D eigenvalue weighted by atomic mass is 32.1. The van der Waals surface area contributed by atoms with E-state index in [0.717, 1.165) is 39.7 Å². The molecule has 1 aromatic carbocycles. The van der Waals surface area contributed by atoms with Gasteiger partial charge in [0.2, 0.25) is 5.91 Å². The van der Waals surface area contributed by atoms with Crippen LogP contribution in [0.5, 0.6) is 0 Å². The lowest BCUT2D eigenvalue weighted by molar-refractivity contribution is -0.115. The number of hydrogen-bond acceptors (Lipinski definition) is 4. The van der Waals surface area contributed by atoms with Gasteiger partial charge < -0.3 is 20.1 Å². The smallest absolute Gasteiger partial charge is 0.224 e. The van der Waals surface area contributed by atoms with Gasteiger partial charge in [-0.05, 0) is 85.7 Å². The number of anilines is 2. The molecule has 2 N–H and O–H groups in total. The number of carbonyl (C=O) groups is 1. The van der Waals surface area contributed by atoms with Crippen LogP contribution in [0, 0.1) is 13.8 Å². The molecule has 36 heavy (non-hydrogen) atoms. The van der Waals surface area contributed by atoms with Crippen LogP contribution in [0.25, 0.3) is 5.82 Å². The van der Waals surface area contributed by atoms with Crippen molar-refractivity contribution in [3.63, 3.8) is 0 Å². The van der Waals surface area contributed by atoms with Crippen LogP contribution in [-0.2, 0) is 4.79 Å². The van der Waals surface area contributed by atoms with Gasteiger partial charge in [-0.2, -0.15) is 0 Å². The Kier molecular flexibility index (Phi) is 6.52. The zero-order chi connectivity index (χ0) is 25.2. The summed E-state index contributed by atoms with van der Waals surface area (Å²) in [6.07, 6.45) is 6.13. The molecule has 1 amide bonds. The number of nitrogens with one attached hydrogen (secondary N) is 2. The zero-order valence-corrected chi connectivity index (χ0v) is 21.3. The van der Waals surface area contributed by atoms with Gasteiger partial charge in [0.05, 0.1) is 11.7 Å². The van der Waals surface area contributed by atoms with E-state index in [9.17, 15) is 4.79 Å². The number of rotatable bonds is 6. The molecule has 1 aliphatic rings. The van der Waals surface area contributed by atoms with Crippen molar-refractivity contribution in [2.45, 2.75) is 39.3 Å². The van der Waals surface area contributed by atoms with Crippen molar-refractivity contribution in [2.75, 3.05) is 10.2 Å². The summed E-state index contributed by atoms with van der Waals surface area (Å²) in [6.45, 7) is 5.86. The van der Waals surface area contributed by atoms with Crippen LogP contribution < -0.4 is 15.5 Å². The lowest BCUT2D eigenvalue weighted by atomic mass is 10.0. The maximum absolute atomic E-state index is 12.0. The van der Waals surface area contributed by atoms with Crippen molar-refractivity contribution in [3.05, 3.63) is 102 Å². The van der Waals surface area contributed by atoms with E-state index in [4.69, 9.17) is 12.2 Å². The van der Waals surface area contributed by atoms with E-state index in [1.807, 2.05) is 75.6 Å². The number of aryl methyl sites for hydroxylation is 2. The van der Waals surface area contributed by atoms with Crippen molar-refractivity contribution in [1.82, 2.24) is 19.9 Å². The number of pyridine rings is 2. The van der Waals surface area contributed by atoms with Crippen LogP contribution in [0.15, 0.2) is 79.3 Å². The average Bonchev–Trinajstić information content (AvgIpc) is 3.50. The predicted molar refractivity (Wildman–Crippen MR) is 146 cm³/mol. The molecule has 4 aromatic rings. The summed E-state index contributed by atoms with van der Waals surface area (Å²) in [4.78, 5) is 23.4. The fraction of sp³-hybridized carbons (Fsp3) is 0.214. The Labute approximate surface area is 216 Å². The van der Waals surface area contributed by atoms with E-state index in [0.29, 0.717) is 11.5 Å². The maximum Gasteiger partial charge on any atom is 0.224 e. The molecule has 8 heteroatoms. The van der Waals surface area contributed by atoms with Gasteiger partial charge >= 0.3 is 0 Å². The van der Waals surface area contributed by atoms with Gasteiger partial charge in [-0.1, -0.05) is 19.1 Å². The van der Waals surface area contributed by atoms with Crippen molar-refractivity contribution >= 4 is 34.6 Å². The van der Waals surface area contributed by atoms with E-state index in [1.54, 1.807) is 6.20 Å². The summed E-state index contributed by atoms with van der Waals surface area (Å²) >= 11 is 5.88. The third kappa shape index (κ3) is 4.47. The van der Waals surface area contributed by atoms with Crippen molar-refractivity contribution in [3.8, 4) is 5.82 Å². The highest BCUT2D eigenvalue weighted by molar-refractivity contribution is 7.80. The Hall–Kier alpha value is -4.04. The molecule has 0 unspecified atom stereocenters. The molecule has 0 spiro atoms. The third-order valence-electron chi connectivity index (χ3n) is 6.41. The van der Waals surface area contributed by atoms with E-state index in [1.165, 1.54) is 0 Å². The number of amides is 1. The van der Waals surface area contributed by atoms with Gasteiger partial charge in [0, 0.05) is 42.1 Å². The summed E-state index contributed by atoms with van der Waals surface area (Å²) in [5.41, 5.74) is 5.75. The minimum absolute atomic E-state index is 0.0132. The summed E-state index contributed by atoms with van der Waals surface area (Å²) < 4.78 is 2.10. The van der Waals surface area contributed by atoms with E-state index >= 15 is 0 Å². The minimum atomic E-state index is -0.180. The monoisotopic (exact) mass is 496 g/mol. The summed E-state index contributed by atoms with van der Waals surface area (Å²) in [5, 5.41) is 7.10. The first-order valence-corrected chi connectivity index (χ1v) is 12.4. The van der Waals surface area contributed by atoms with Gasteiger partial charge in [0.1, 0.15) is 11.9 Å². The fourth-order valence-electron chi connectivity index (χ4n) is 4.56. The van der Waals surface area contributed by atoms with Gasteiger partial charge in [-0.25, -0.2) is 4.98 Å². The number of thiocarbonyl (C=S) groups is 1. The lowest BCUT2D eigenvalue weighted by Crippen LogP contribution is -2.30. The highest BCUT2D eigenvalue weighted by Crippen LogP contribution is 2.42. The van der Waals surface area contributed by atoms with Crippen LogP contribution in [0.4, 0.5) is 11.4 Å². The first kappa shape index (κ1) is 23.7. The minimum Gasteiger partial charge on any atom is -0.351 e. The van der Waals surface area contributed by atoms with E-state index in [2.05, 4.69) is 48.3 Å². The maximum atomic E-state index is 12.0. The Balaban J connectivity index is 1.61. The van der Waals surface area contributed by atoms with Crippen LogP contribution in [-0.4, -0.2) is 25.6 Å². The molecule has 5 rings (SSSR count). The Morgan fingerprint density at radius 3 is 2.64 bits per heavy atom. The molecule has 0 saturated carbocycles. The first-order valence-electron chi connectivity index (χ1n) is 12.0. The van der Waals surface area contributed by atoms with Crippen LogP contribution in [0.3, 0.4) is 0 Å². The SMILES string of the molecule is CCC(=O)Nc1ccc(N2C(=S)N[C@@H](c3ccccn3)[C@H]2c2cccn2-c2ccc(C)cn2)cc1C. The molecule has 4 heterocycles. The molecule has 7 nitrogen and oxygen atoms in total. The molecule has 0 aliphatic carbocycles. The van der Waals surface area contributed by atoms with Gasteiger partial charge in [-0.15, -0.1) is 0 Å². The van der Waals surface area contributed by atoms with Crippen molar-refractivity contribution in [2.24, 2.45) is 0 Å². The molecule has 2 atom stereocenters. The van der Waals surface area contributed by atoms with Gasteiger partial charge in [0.15, 0.2) is 5.11 Å². The predicted octanol–water partition coefficient (Wildman–Crippen LogP) is 5.41. The molecule has 3 aromatic heterocycles. The first-order chi connectivity index (χ1) is 17.5. The molecule has 1 aliphatic heterocycles. The second kappa shape index (κ2) is 9.91. The number of carbonyl (C=O) groups excluding carboxylic acids is 1. The number of hydrogen-bond donors (Lipinski definition) is 2. The zero-order valence-electron chi connectivity index (χ0n) is 20.5. The van der Waals surface area contributed by atoms with Crippen LogP contribution >= 0.6 is 12.2 Å². The van der Waals surface area contributed by atoms with E-state index < -0.39 is 0 Å². The molecular weight excluding hydrogens is 468 g/mol. The number of aromatic nitrogens is 3. The number of nitrogens with zero attached hydrogens (tertiary/aromatic N) is 4. The molecule has 0 bridgehead atoms. The topological polar surface area (TPSA) is 75.1 Å². The average molecular weight is 497 g/mol. The van der Waals surface area contributed by atoms with Crippen LogP contribution in [0.2, 0.25) is 0 Å². The Morgan fingerprint density at radius 2 is 1.94 bits per heavy atom.